The minimum Gasteiger partial charge on any atom is -0.337 e. The van der Waals surface area contributed by atoms with Gasteiger partial charge in [0.1, 0.15) is 5.69 Å². The summed E-state index contributed by atoms with van der Waals surface area (Å²) >= 11 is 0. The topological polar surface area (TPSA) is 92.1 Å². The van der Waals surface area contributed by atoms with Crippen molar-refractivity contribution in [3.05, 3.63) is 28.2 Å². The predicted octanol–water partition coefficient (Wildman–Crippen LogP) is -0.173. The van der Waals surface area contributed by atoms with Crippen LogP contribution in [0.5, 0.6) is 0 Å². The van der Waals surface area contributed by atoms with Gasteiger partial charge in [0.25, 0.3) is 11.5 Å². The number of nitrogens with two attached hydrogens (primary N) is 1. The van der Waals surface area contributed by atoms with Crippen LogP contribution < -0.4 is 11.3 Å². The summed E-state index contributed by atoms with van der Waals surface area (Å²) in [6.07, 6.45) is 0.955. The van der Waals surface area contributed by atoms with E-state index in [1.165, 1.54) is 12.1 Å². The van der Waals surface area contributed by atoms with Crippen molar-refractivity contribution in [1.29, 1.82) is 0 Å². The van der Waals surface area contributed by atoms with Crippen LogP contribution >= 0.6 is 0 Å². The number of hydrogen-bond acceptors (Lipinski definition) is 4. The van der Waals surface area contributed by atoms with E-state index in [1.54, 1.807) is 4.90 Å². The molecule has 1 aromatic heterocycles. The summed E-state index contributed by atoms with van der Waals surface area (Å²) in [5, 5.41) is 6.04. The van der Waals surface area contributed by atoms with Gasteiger partial charge in [0.15, 0.2) is 0 Å². The highest BCUT2D eigenvalue weighted by Gasteiger charge is 2.28. The van der Waals surface area contributed by atoms with Crippen molar-refractivity contribution >= 4 is 5.91 Å². The number of aromatic amines is 1. The largest absolute Gasteiger partial charge is 0.337 e. The van der Waals surface area contributed by atoms with E-state index in [1.807, 2.05) is 0 Å². The average molecular weight is 250 g/mol. The van der Waals surface area contributed by atoms with E-state index in [4.69, 9.17) is 5.73 Å². The molecule has 1 amide bonds. The number of rotatable bonds is 2. The van der Waals surface area contributed by atoms with Gasteiger partial charge in [-0.1, -0.05) is 6.92 Å². The van der Waals surface area contributed by atoms with Crippen LogP contribution in [0.25, 0.3) is 0 Å². The number of piperidine rings is 1. The molecular formula is C12H18N4O2. The van der Waals surface area contributed by atoms with Crippen LogP contribution in [0.15, 0.2) is 16.9 Å². The molecule has 1 aliphatic heterocycles. The quantitative estimate of drug-likeness (QED) is 0.762. The fraction of sp³-hybridized carbons (Fsp3) is 0.583. The van der Waals surface area contributed by atoms with Crippen molar-refractivity contribution < 1.29 is 4.79 Å². The van der Waals surface area contributed by atoms with Crippen molar-refractivity contribution in [3.8, 4) is 0 Å². The molecule has 1 aliphatic rings. The molecule has 0 saturated carbocycles. The predicted molar refractivity (Wildman–Crippen MR) is 67.1 cm³/mol. The SMILES string of the molecule is CC1CCN(C(=O)c2ccc(=O)[nH]n2)CC1CN. The molecule has 1 aromatic rings. The smallest absolute Gasteiger partial charge is 0.274 e. The summed E-state index contributed by atoms with van der Waals surface area (Å²) in [5.41, 5.74) is 5.68. The van der Waals surface area contributed by atoms with E-state index >= 15 is 0 Å². The summed E-state index contributed by atoms with van der Waals surface area (Å²) in [4.78, 5) is 24.8. The molecule has 0 aromatic carbocycles. The molecule has 2 unspecified atom stereocenters. The van der Waals surface area contributed by atoms with Crippen LogP contribution in [0.3, 0.4) is 0 Å². The normalized spacial score (nSPS) is 24.0. The number of nitrogens with zero attached hydrogens (tertiary/aromatic N) is 2. The second-order valence-electron chi connectivity index (χ2n) is 4.82. The lowest BCUT2D eigenvalue weighted by Crippen LogP contribution is -2.45. The molecule has 2 rings (SSSR count). The zero-order valence-electron chi connectivity index (χ0n) is 10.4. The van der Waals surface area contributed by atoms with E-state index in [-0.39, 0.29) is 17.2 Å². The lowest BCUT2D eigenvalue weighted by atomic mass is 9.87. The third-order valence-electron chi connectivity index (χ3n) is 3.60. The molecule has 0 spiro atoms. The van der Waals surface area contributed by atoms with Crippen LogP contribution in [-0.2, 0) is 0 Å². The summed E-state index contributed by atoms with van der Waals surface area (Å²) in [6, 6.07) is 2.77. The highest BCUT2D eigenvalue weighted by Crippen LogP contribution is 2.22. The molecule has 1 saturated heterocycles. The van der Waals surface area contributed by atoms with E-state index in [9.17, 15) is 9.59 Å². The van der Waals surface area contributed by atoms with Crippen molar-refractivity contribution in [1.82, 2.24) is 15.1 Å². The fourth-order valence-electron chi connectivity index (χ4n) is 2.27. The van der Waals surface area contributed by atoms with Crippen LogP contribution in [-0.4, -0.2) is 40.6 Å². The molecule has 0 aliphatic carbocycles. The Hall–Kier alpha value is -1.69. The molecule has 98 valence electrons. The molecule has 3 N–H and O–H groups in total. The number of nitrogens with one attached hydrogen (secondary N) is 1. The van der Waals surface area contributed by atoms with E-state index < -0.39 is 0 Å². The van der Waals surface area contributed by atoms with Gasteiger partial charge in [-0.2, -0.15) is 5.10 Å². The third kappa shape index (κ3) is 2.59. The molecule has 0 bridgehead atoms. The van der Waals surface area contributed by atoms with Gasteiger partial charge in [0.2, 0.25) is 0 Å². The summed E-state index contributed by atoms with van der Waals surface area (Å²) < 4.78 is 0. The number of amides is 1. The minimum absolute atomic E-state index is 0.142. The maximum Gasteiger partial charge on any atom is 0.274 e. The minimum atomic E-state index is -0.307. The number of carbonyl (C=O) groups is 1. The van der Waals surface area contributed by atoms with Gasteiger partial charge < -0.3 is 10.6 Å². The van der Waals surface area contributed by atoms with Gasteiger partial charge in [-0.25, -0.2) is 5.10 Å². The standard InChI is InChI=1S/C12H18N4O2/c1-8-4-5-16(7-9(8)6-13)12(18)10-2-3-11(17)15-14-10/h2-3,8-9H,4-7,13H2,1H3,(H,15,17). The maximum absolute atomic E-state index is 12.2. The molecule has 1 fully saturated rings. The highest BCUT2D eigenvalue weighted by atomic mass is 16.2. The van der Waals surface area contributed by atoms with E-state index in [2.05, 4.69) is 17.1 Å². The highest BCUT2D eigenvalue weighted by molar-refractivity contribution is 5.92. The first-order chi connectivity index (χ1) is 8.61. The monoisotopic (exact) mass is 250 g/mol. The molecule has 6 nitrogen and oxygen atoms in total. The third-order valence-corrected chi connectivity index (χ3v) is 3.60. The molecule has 0 radical (unpaired) electrons. The van der Waals surface area contributed by atoms with E-state index in [0.29, 0.717) is 24.9 Å². The first kappa shape index (κ1) is 12.8. The number of aromatic nitrogens is 2. The second-order valence-corrected chi connectivity index (χ2v) is 4.82. The Labute approximate surface area is 105 Å². The Kier molecular flexibility index (Phi) is 3.76. The van der Waals surface area contributed by atoms with Crippen molar-refractivity contribution in [2.24, 2.45) is 17.6 Å². The lowest BCUT2D eigenvalue weighted by molar-refractivity contribution is 0.0611. The number of hydrogen-bond donors (Lipinski definition) is 2. The summed E-state index contributed by atoms with van der Waals surface area (Å²) in [6.45, 7) is 4.14. The van der Waals surface area contributed by atoms with E-state index in [0.717, 1.165) is 13.0 Å². The number of carbonyl (C=O) groups excluding carboxylic acids is 1. The average Bonchev–Trinajstić information content (AvgIpc) is 2.39. The van der Waals surface area contributed by atoms with Gasteiger partial charge >= 0.3 is 0 Å². The Morgan fingerprint density at radius 2 is 2.39 bits per heavy atom. The molecule has 6 heteroatoms. The number of likely N-dealkylation sites (tertiary alicyclic amines) is 1. The van der Waals surface area contributed by atoms with Gasteiger partial charge in [0.05, 0.1) is 0 Å². The Morgan fingerprint density at radius 1 is 1.61 bits per heavy atom. The van der Waals surface area contributed by atoms with Crippen LogP contribution in [0.4, 0.5) is 0 Å². The summed E-state index contributed by atoms with van der Waals surface area (Å²) in [5.74, 6) is 0.740. The first-order valence-corrected chi connectivity index (χ1v) is 6.17. The zero-order valence-corrected chi connectivity index (χ0v) is 10.4. The van der Waals surface area contributed by atoms with Gasteiger partial charge in [-0.3, -0.25) is 9.59 Å². The molecular weight excluding hydrogens is 232 g/mol. The Morgan fingerprint density at radius 3 is 3.00 bits per heavy atom. The van der Waals surface area contributed by atoms with Crippen molar-refractivity contribution in [2.45, 2.75) is 13.3 Å². The van der Waals surface area contributed by atoms with Gasteiger partial charge in [-0.05, 0) is 30.9 Å². The lowest BCUT2D eigenvalue weighted by Gasteiger charge is -2.36. The van der Waals surface area contributed by atoms with Crippen molar-refractivity contribution in [3.63, 3.8) is 0 Å². The number of H-pyrrole nitrogens is 1. The second kappa shape index (κ2) is 5.30. The van der Waals surface area contributed by atoms with Crippen LogP contribution in [0.1, 0.15) is 23.8 Å². The first-order valence-electron chi connectivity index (χ1n) is 6.17. The maximum atomic E-state index is 12.2. The van der Waals surface area contributed by atoms with Crippen LogP contribution in [0.2, 0.25) is 0 Å². The molecule has 18 heavy (non-hydrogen) atoms. The fourth-order valence-corrected chi connectivity index (χ4v) is 2.27. The molecule has 2 heterocycles. The molecule has 2 atom stereocenters. The van der Waals surface area contributed by atoms with Crippen molar-refractivity contribution in [2.75, 3.05) is 19.6 Å². The van der Waals surface area contributed by atoms with Crippen LogP contribution in [0, 0.1) is 11.8 Å². The Bertz CT molecular complexity index is 465. The van der Waals surface area contributed by atoms with Gasteiger partial charge in [-0.15, -0.1) is 0 Å². The summed E-state index contributed by atoms with van der Waals surface area (Å²) in [7, 11) is 0. The zero-order chi connectivity index (χ0) is 13.1. The Balaban J connectivity index is 2.10. The van der Waals surface area contributed by atoms with Gasteiger partial charge in [0, 0.05) is 19.2 Å².